The zero-order valence-corrected chi connectivity index (χ0v) is 11.7. The number of carboxylic acid groups (broad SMARTS) is 1. The summed E-state index contributed by atoms with van der Waals surface area (Å²) >= 11 is 6.14. The lowest BCUT2D eigenvalue weighted by Gasteiger charge is -2.02. The van der Waals surface area contributed by atoms with Crippen molar-refractivity contribution in [3.8, 4) is 16.8 Å². The molecule has 5 heteroatoms. The molecule has 0 atom stereocenters. The zero-order valence-electron chi connectivity index (χ0n) is 10.9. The van der Waals surface area contributed by atoms with Crippen LogP contribution in [0, 0.1) is 0 Å². The molecule has 0 amide bonds. The van der Waals surface area contributed by atoms with Crippen molar-refractivity contribution in [3.05, 3.63) is 71.5 Å². The molecule has 0 aliphatic rings. The molecule has 0 radical (unpaired) electrons. The highest BCUT2D eigenvalue weighted by Crippen LogP contribution is 2.26. The van der Waals surface area contributed by atoms with Crippen molar-refractivity contribution < 1.29 is 9.90 Å². The van der Waals surface area contributed by atoms with Gasteiger partial charge in [-0.25, -0.2) is 9.48 Å². The van der Waals surface area contributed by atoms with Crippen LogP contribution in [0.15, 0.2) is 60.8 Å². The van der Waals surface area contributed by atoms with Crippen molar-refractivity contribution >= 4 is 17.6 Å². The van der Waals surface area contributed by atoms with Gasteiger partial charge in [-0.3, -0.25) is 0 Å². The fraction of sp³-hybridized carbons (Fsp3) is 0. The lowest BCUT2D eigenvalue weighted by atomic mass is 10.1. The molecule has 3 aromatic rings. The first-order chi connectivity index (χ1) is 10.2. The maximum atomic E-state index is 11.4. The number of hydrogen-bond acceptors (Lipinski definition) is 2. The number of benzene rings is 2. The normalized spacial score (nSPS) is 10.5. The Balaban J connectivity index is 2.18. The van der Waals surface area contributed by atoms with Crippen molar-refractivity contribution in [2.24, 2.45) is 0 Å². The van der Waals surface area contributed by atoms with E-state index in [2.05, 4.69) is 5.10 Å². The van der Waals surface area contributed by atoms with E-state index < -0.39 is 5.97 Å². The number of carbonyl (C=O) groups is 1. The minimum atomic E-state index is -1.07. The Bertz CT molecular complexity index is 797. The Labute approximate surface area is 126 Å². The fourth-order valence-corrected chi connectivity index (χ4v) is 2.34. The first-order valence-corrected chi connectivity index (χ1v) is 6.68. The van der Waals surface area contributed by atoms with Crippen LogP contribution in [0.2, 0.25) is 5.02 Å². The summed E-state index contributed by atoms with van der Waals surface area (Å²) in [4.78, 5) is 11.4. The van der Waals surface area contributed by atoms with Gasteiger partial charge in [-0.2, -0.15) is 5.10 Å². The van der Waals surface area contributed by atoms with E-state index in [4.69, 9.17) is 11.6 Å². The van der Waals surface area contributed by atoms with Gasteiger partial charge in [-0.15, -0.1) is 0 Å². The van der Waals surface area contributed by atoms with Crippen molar-refractivity contribution in [1.29, 1.82) is 0 Å². The van der Waals surface area contributed by atoms with E-state index in [1.165, 1.54) is 4.68 Å². The highest BCUT2D eigenvalue weighted by Gasteiger charge is 2.18. The molecular weight excluding hydrogens is 288 g/mol. The lowest BCUT2D eigenvalue weighted by molar-refractivity contribution is 0.0691. The number of aromatic carboxylic acids is 1. The molecule has 4 nitrogen and oxygen atoms in total. The summed E-state index contributed by atoms with van der Waals surface area (Å²) in [7, 11) is 0. The maximum Gasteiger partial charge on any atom is 0.357 e. The molecule has 0 saturated carbocycles. The standard InChI is InChI=1S/C16H11ClN2O2/c17-13-8-4-5-9-14(13)19-10-12(15(18-19)16(20)21)11-6-2-1-3-7-11/h1-10H,(H,20,21). The van der Waals surface area contributed by atoms with Crippen molar-refractivity contribution in [3.63, 3.8) is 0 Å². The van der Waals surface area contributed by atoms with Crippen LogP contribution in [0.4, 0.5) is 0 Å². The smallest absolute Gasteiger partial charge is 0.357 e. The topological polar surface area (TPSA) is 55.1 Å². The number of para-hydroxylation sites is 1. The summed E-state index contributed by atoms with van der Waals surface area (Å²) in [5.41, 5.74) is 2.00. The van der Waals surface area contributed by atoms with Crippen LogP contribution in [0.25, 0.3) is 16.8 Å². The average molecular weight is 299 g/mol. The van der Waals surface area contributed by atoms with Gasteiger partial charge < -0.3 is 5.11 Å². The number of halogens is 1. The Morgan fingerprint density at radius 1 is 1.05 bits per heavy atom. The molecule has 0 spiro atoms. The summed E-state index contributed by atoms with van der Waals surface area (Å²) < 4.78 is 1.49. The number of nitrogens with zero attached hydrogens (tertiary/aromatic N) is 2. The molecule has 0 saturated heterocycles. The molecule has 1 aromatic heterocycles. The van der Waals surface area contributed by atoms with Crippen LogP contribution >= 0.6 is 11.6 Å². The summed E-state index contributed by atoms with van der Waals surface area (Å²) in [5, 5.41) is 14.0. The van der Waals surface area contributed by atoms with Crippen molar-refractivity contribution in [2.75, 3.05) is 0 Å². The molecule has 2 aromatic carbocycles. The van der Waals surface area contributed by atoms with Gasteiger partial charge in [-0.1, -0.05) is 54.1 Å². The van der Waals surface area contributed by atoms with Gasteiger partial charge in [0.2, 0.25) is 0 Å². The number of rotatable bonds is 3. The predicted octanol–water partition coefficient (Wildman–Crippen LogP) is 3.89. The summed E-state index contributed by atoms with van der Waals surface area (Å²) in [6.45, 7) is 0. The van der Waals surface area contributed by atoms with Crippen LogP contribution in [0.3, 0.4) is 0 Å². The SMILES string of the molecule is O=C(O)c1nn(-c2ccccc2Cl)cc1-c1ccccc1. The third-order valence-electron chi connectivity index (χ3n) is 3.10. The second kappa shape index (κ2) is 5.42. The van der Waals surface area contributed by atoms with Gasteiger partial charge in [0.05, 0.1) is 10.7 Å². The summed E-state index contributed by atoms with van der Waals surface area (Å²) in [5.74, 6) is -1.07. The van der Waals surface area contributed by atoms with Gasteiger partial charge in [0.15, 0.2) is 5.69 Å². The van der Waals surface area contributed by atoms with E-state index in [1.807, 2.05) is 42.5 Å². The summed E-state index contributed by atoms with van der Waals surface area (Å²) in [6, 6.07) is 16.4. The molecule has 104 valence electrons. The van der Waals surface area contributed by atoms with Crippen molar-refractivity contribution in [2.45, 2.75) is 0 Å². The van der Waals surface area contributed by atoms with E-state index in [-0.39, 0.29) is 5.69 Å². The number of aromatic nitrogens is 2. The summed E-state index contributed by atoms with van der Waals surface area (Å²) in [6.07, 6.45) is 1.68. The third-order valence-corrected chi connectivity index (χ3v) is 3.42. The number of hydrogen-bond donors (Lipinski definition) is 1. The molecule has 21 heavy (non-hydrogen) atoms. The van der Waals surface area contributed by atoms with Crippen LogP contribution in [-0.2, 0) is 0 Å². The largest absolute Gasteiger partial charge is 0.476 e. The quantitative estimate of drug-likeness (QED) is 0.798. The van der Waals surface area contributed by atoms with E-state index in [0.29, 0.717) is 16.3 Å². The van der Waals surface area contributed by atoms with Gasteiger partial charge in [0.1, 0.15) is 0 Å². The first kappa shape index (κ1) is 13.4. The molecular formula is C16H11ClN2O2. The molecule has 1 N–H and O–H groups in total. The average Bonchev–Trinajstić information content (AvgIpc) is 2.94. The third kappa shape index (κ3) is 2.53. The van der Waals surface area contributed by atoms with E-state index in [9.17, 15) is 9.90 Å². The monoisotopic (exact) mass is 298 g/mol. The van der Waals surface area contributed by atoms with Crippen LogP contribution in [0.5, 0.6) is 0 Å². The molecule has 0 bridgehead atoms. The van der Waals surface area contributed by atoms with Gasteiger partial charge in [-0.05, 0) is 17.7 Å². The van der Waals surface area contributed by atoms with E-state index >= 15 is 0 Å². The minimum absolute atomic E-state index is 0.00104. The lowest BCUT2D eigenvalue weighted by Crippen LogP contribution is -2.02. The molecule has 0 unspecified atom stereocenters. The molecule has 3 rings (SSSR count). The van der Waals surface area contributed by atoms with Crippen LogP contribution in [-0.4, -0.2) is 20.9 Å². The van der Waals surface area contributed by atoms with E-state index in [0.717, 1.165) is 5.56 Å². The minimum Gasteiger partial charge on any atom is -0.476 e. The molecule has 0 aliphatic carbocycles. The van der Waals surface area contributed by atoms with E-state index in [1.54, 1.807) is 18.3 Å². The molecule has 1 heterocycles. The van der Waals surface area contributed by atoms with Crippen molar-refractivity contribution in [1.82, 2.24) is 9.78 Å². The zero-order chi connectivity index (χ0) is 14.8. The van der Waals surface area contributed by atoms with Crippen LogP contribution < -0.4 is 0 Å². The van der Waals surface area contributed by atoms with Gasteiger partial charge in [0, 0.05) is 11.8 Å². The fourth-order valence-electron chi connectivity index (χ4n) is 2.12. The molecule has 0 aliphatic heterocycles. The second-order valence-corrected chi connectivity index (χ2v) is 4.87. The highest BCUT2D eigenvalue weighted by atomic mass is 35.5. The second-order valence-electron chi connectivity index (χ2n) is 4.46. The number of carboxylic acids is 1. The molecule has 0 fully saturated rings. The Hall–Kier alpha value is -2.59. The van der Waals surface area contributed by atoms with Gasteiger partial charge >= 0.3 is 5.97 Å². The van der Waals surface area contributed by atoms with Gasteiger partial charge in [0.25, 0.3) is 0 Å². The Morgan fingerprint density at radius 2 is 1.71 bits per heavy atom. The van der Waals surface area contributed by atoms with Crippen LogP contribution in [0.1, 0.15) is 10.5 Å². The highest BCUT2D eigenvalue weighted by molar-refractivity contribution is 6.32. The Morgan fingerprint density at radius 3 is 2.38 bits per heavy atom. The first-order valence-electron chi connectivity index (χ1n) is 6.30. The predicted molar refractivity (Wildman–Crippen MR) is 81.0 cm³/mol. The maximum absolute atomic E-state index is 11.4. The Kier molecular flexibility index (Phi) is 3.46.